The van der Waals surface area contributed by atoms with Gasteiger partial charge in [0.1, 0.15) is 5.82 Å². The Morgan fingerprint density at radius 2 is 1.44 bits per heavy atom. The van der Waals surface area contributed by atoms with E-state index in [9.17, 15) is 0 Å². The zero-order valence-corrected chi connectivity index (χ0v) is 21.1. The lowest BCUT2D eigenvalue weighted by atomic mass is 9.94. The summed E-state index contributed by atoms with van der Waals surface area (Å²) in [6.07, 6.45) is 1.90. The van der Waals surface area contributed by atoms with Gasteiger partial charge in [-0.05, 0) is 37.1 Å². The molecule has 4 aromatic rings. The third kappa shape index (κ3) is 5.12. The number of halogens is 2. The number of nitrogens with one attached hydrogen (secondary N) is 1. The van der Waals surface area contributed by atoms with Crippen LogP contribution in [0.4, 0.5) is 5.82 Å². The molecule has 1 saturated heterocycles. The summed E-state index contributed by atoms with van der Waals surface area (Å²) in [7, 11) is 0. The molecule has 0 spiro atoms. The van der Waals surface area contributed by atoms with Crippen molar-refractivity contribution in [3.8, 4) is 11.1 Å². The minimum absolute atomic E-state index is 0. The fourth-order valence-corrected chi connectivity index (χ4v) is 4.84. The SMILES string of the molecule is Cc1n[nH]c(C)c1C(c1ccccc1)N1CCN(c2ncccc2-c2ccccc2)CC1.Cl.Cl. The van der Waals surface area contributed by atoms with E-state index >= 15 is 0 Å². The number of benzene rings is 2. The van der Waals surface area contributed by atoms with Crippen LogP contribution >= 0.6 is 24.8 Å². The number of nitrogens with zero attached hydrogens (tertiary/aromatic N) is 4. The number of piperazine rings is 1. The summed E-state index contributed by atoms with van der Waals surface area (Å²) >= 11 is 0. The lowest BCUT2D eigenvalue weighted by Crippen LogP contribution is -2.48. The lowest BCUT2D eigenvalue weighted by Gasteiger charge is -2.40. The number of H-pyrrole nitrogens is 1. The van der Waals surface area contributed by atoms with E-state index < -0.39 is 0 Å². The van der Waals surface area contributed by atoms with Gasteiger partial charge in [-0.15, -0.1) is 24.8 Å². The maximum atomic E-state index is 4.78. The van der Waals surface area contributed by atoms with Crippen LogP contribution in [0.25, 0.3) is 11.1 Å². The summed E-state index contributed by atoms with van der Waals surface area (Å²) in [5, 5.41) is 7.68. The van der Waals surface area contributed by atoms with Gasteiger partial charge in [0.05, 0.1) is 11.7 Å². The van der Waals surface area contributed by atoms with Gasteiger partial charge in [-0.1, -0.05) is 60.7 Å². The van der Waals surface area contributed by atoms with E-state index in [0.29, 0.717) is 0 Å². The Morgan fingerprint density at radius 1 is 0.794 bits per heavy atom. The minimum atomic E-state index is 0. The first-order valence-corrected chi connectivity index (χ1v) is 11.3. The highest BCUT2D eigenvalue weighted by Crippen LogP contribution is 2.34. The molecule has 0 saturated carbocycles. The summed E-state index contributed by atoms with van der Waals surface area (Å²) < 4.78 is 0. The maximum absolute atomic E-state index is 4.78. The number of anilines is 1. The van der Waals surface area contributed by atoms with Crippen molar-refractivity contribution in [1.82, 2.24) is 20.1 Å². The van der Waals surface area contributed by atoms with E-state index in [1.807, 2.05) is 12.3 Å². The van der Waals surface area contributed by atoms with Gasteiger partial charge in [-0.2, -0.15) is 5.10 Å². The molecule has 1 unspecified atom stereocenters. The van der Waals surface area contributed by atoms with Gasteiger partial charge >= 0.3 is 0 Å². The maximum Gasteiger partial charge on any atom is 0.136 e. The first-order chi connectivity index (χ1) is 15.7. The number of aryl methyl sites for hydroxylation is 2. The van der Waals surface area contributed by atoms with E-state index in [-0.39, 0.29) is 30.9 Å². The van der Waals surface area contributed by atoms with Crippen LogP contribution in [0.2, 0.25) is 0 Å². The monoisotopic (exact) mass is 495 g/mol. The summed E-state index contributed by atoms with van der Waals surface area (Å²) in [6.45, 7) is 8.04. The van der Waals surface area contributed by atoms with Crippen molar-refractivity contribution in [1.29, 1.82) is 0 Å². The Bertz CT molecular complexity index is 1150. The normalized spacial score (nSPS) is 14.7. The van der Waals surface area contributed by atoms with Crippen molar-refractivity contribution in [2.24, 2.45) is 0 Å². The summed E-state index contributed by atoms with van der Waals surface area (Å²) in [5.41, 5.74) is 7.25. The Balaban J connectivity index is 0.00000162. The van der Waals surface area contributed by atoms with Gasteiger partial charge in [0.15, 0.2) is 0 Å². The Hall–Kier alpha value is -2.86. The van der Waals surface area contributed by atoms with E-state index in [2.05, 4.69) is 101 Å². The summed E-state index contributed by atoms with van der Waals surface area (Å²) in [6, 6.07) is 25.8. The molecule has 1 N–H and O–H groups in total. The molecule has 3 heterocycles. The van der Waals surface area contributed by atoms with Crippen molar-refractivity contribution in [3.05, 3.63) is 102 Å². The van der Waals surface area contributed by atoms with Crippen LogP contribution in [0.3, 0.4) is 0 Å². The molecule has 0 amide bonds. The van der Waals surface area contributed by atoms with Gasteiger partial charge in [0, 0.05) is 49.2 Å². The zero-order valence-electron chi connectivity index (χ0n) is 19.5. The van der Waals surface area contributed by atoms with Crippen LogP contribution in [0.5, 0.6) is 0 Å². The third-order valence-electron chi connectivity index (χ3n) is 6.42. The molecule has 5 rings (SSSR count). The highest BCUT2D eigenvalue weighted by molar-refractivity contribution is 5.85. The Morgan fingerprint density at radius 3 is 2.06 bits per heavy atom. The second kappa shape index (κ2) is 11.5. The molecule has 5 nitrogen and oxygen atoms in total. The fraction of sp³-hybridized carbons (Fsp3) is 0.259. The van der Waals surface area contributed by atoms with Gasteiger partial charge in [-0.25, -0.2) is 4.98 Å². The molecule has 178 valence electrons. The number of hydrogen-bond donors (Lipinski definition) is 1. The van der Waals surface area contributed by atoms with Gasteiger partial charge in [0.25, 0.3) is 0 Å². The van der Waals surface area contributed by atoms with Crippen LogP contribution < -0.4 is 4.90 Å². The molecule has 1 fully saturated rings. The highest BCUT2D eigenvalue weighted by atomic mass is 35.5. The molecule has 2 aromatic heterocycles. The lowest BCUT2D eigenvalue weighted by molar-refractivity contribution is 0.211. The average molecular weight is 496 g/mol. The first kappa shape index (κ1) is 25.8. The molecular weight excluding hydrogens is 465 g/mol. The molecule has 7 heteroatoms. The van der Waals surface area contributed by atoms with Crippen molar-refractivity contribution >= 4 is 30.6 Å². The average Bonchev–Trinajstić information content (AvgIpc) is 3.19. The Labute approximate surface area is 214 Å². The quantitative estimate of drug-likeness (QED) is 0.377. The Kier molecular flexibility index (Phi) is 8.72. The van der Waals surface area contributed by atoms with Gasteiger partial charge < -0.3 is 4.90 Å². The molecule has 1 aliphatic heterocycles. The van der Waals surface area contributed by atoms with E-state index in [1.165, 1.54) is 22.3 Å². The standard InChI is InChI=1S/C27H29N5.2ClH/c1-20-25(21(2)30-29-20)26(23-12-7-4-8-13-23)31-16-18-32(19-17-31)27-24(14-9-15-28-27)22-10-5-3-6-11-22;;/h3-15,26H,16-19H2,1-2H3,(H,29,30);2*1H. The van der Waals surface area contributed by atoms with Crippen LogP contribution in [-0.2, 0) is 0 Å². The molecule has 0 radical (unpaired) electrons. The zero-order chi connectivity index (χ0) is 21.9. The van der Waals surface area contributed by atoms with E-state index in [0.717, 1.165) is 43.4 Å². The predicted molar refractivity (Wildman–Crippen MR) is 144 cm³/mol. The first-order valence-electron chi connectivity index (χ1n) is 11.3. The van der Waals surface area contributed by atoms with E-state index in [4.69, 9.17) is 4.98 Å². The molecule has 0 aliphatic carbocycles. The molecule has 2 aromatic carbocycles. The largest absolute Gasteiger partial charge is 0.354 e. The second-order valence-corrected chi connectivity index (χ2v) is 8.42. The number of pyridine rings is 1. The second-order valence-electron chi connectivity index (χ2n) is 8.42. The van der Waals surface area contributed by atoms with E-state index in [1.54, 1.807) is 0 Å². The van der Waals surface area contributed by atoms with Crippen LogP contribution in [0, 0.1) is 13.8 Å². The van der Waals surface area contributed by atoms with Gasteiger partial charge in [0.2, 0.25) is 0 Å². The molecular formula is C27H31Cl2N5. The molecule has 34 heavy (non-hydrogen) atoms. The van der Waals surface area contributed by atoms with Crippen molar-refractivity contribution < 1.29 is 0 Å². The summed E-state index contributed by atoms with van der Waals surface area (Å²) in [5.74, 6) is 1.07. The third-order valence-corrected chi connectivity index (χ3v) is 6.42. The topological polar surface area (TPSA) is 48.1 Å². The minimum Gasteiger partial charge on any atom is -0.354 e. The predicted octanol–water partition coefficient (Wildman–Crippen LogP) is 5.84. The highest BCUT2D eigenvalue weighted by Gasteiger charge is 2.30. The number of aromatic amines is 1. The van der Waals surface area contributed by atoms with Crippen molar-refractivity contribution in [3.63, 3.8) is 0 Å². The fourth-order valence-electron chi connectivity index (χ4n) is 4.84. The van der Waals surface area contributed by atoms with Gasteiger partial charge in [-0.3, -0.25) is 10.00 Å². The van der Waals surface area contributed by atoms with Crippen molar-refractivity contribution in [2.75, 3.05) is 31.1 Å². The van der Waals surface area contributed by atoms with Crippen LogP contribution in [0.15, 0.2) is 79.0 Å². The van der Waals surface area contributed by atoms with Crippen molar-refractivity contribution in [2.45, 2.75) is 19.9 Å². The summed E-state index contributed by atoms with van der Waals surface area (Å²) in [4.78, 5) is 9.79. The van der Waals surface area contributed by atoms with Crippen LogP contribution in [-0.4, -0.2) is 46.3 Å². The number of aromatic nitrogens is 3. The molecule has 1 atom stereocenters. The molecule has 0 bridgehead atoms. The number of hydrogen-bond acceptors (Lipinski definition) is 4. The van der Waals surface area contributed by atoms with Crippen LogP contribution in [0.1, 0.15) is 28.6 Å². The smallest absolute Gasteiger partial charge is 0.136 e. The number of rotatable bonds is 5. The molecule has 1 aliphatic rings.